The summed E-state index contributed by atoms with van der Waals surface area (Å²) in [6.07, 6.45) is 11.2. The minimum absolute atomic E-state index is 0. The predicted octanol–water partition coefficient (Wildman–Crippen LogP) is 20.6. The molecule has 5 aromatic carbocycles. The number of anilines is 10. The molecule has 15 rings (SSSR count). The molecule has 0 N–H and O–H groups in total. The molecule has 116 heavy (non-hydrogen) atoms. The van der Waals surface area contributed by atoms with Crippen LogP contribution in [-0.2, 0) is 145 Å². The van der Waals surface area contributed by atoms with Crippen LogP contribution in [0, 0.1) is 91.0 Å². The summed E-state index contributed by atoms with van der Waals surface area (Å²) in [7, 11) is 0. The van der Waals surface area contributed by atoms with Crippen LogP contribution in [0.15, 0.2) is 146 Å². The van der Waals surface area contributed by atoms with Gasteiger partial charge in [-0.2, -0.15) is 0 Å². The van der Waals surface area contributed by atoms with Crippen molar-refractivity contribution in [3.63, 3.8) is 0 Å². The fourth-order valence-electron chi connectivity index (χ4n) is 15.2. The van der Waals surface area contributed by atoms with E-state index in [2.05, 4.69) is 186 Å². The molecule has 0 amide bonds. The molecule has 610 valence electrons. The molecule has 0 bridgehead atoms. The van der Waals surface area contributed by atoms with Crippen molar-refractivity contribution < 1.29 is 113 Å². The van der Waals surface area contributed by atoms with E-state index >= 15 is 0 Å². The fourth-order valence-corrected chi connectivity index (χ4v) is 15.2. The second kappa shape index (κ2) is 46.4. The first kappa shape index (κ1) is 98.8. The summed E-state index contributed by atoms with van der Waals surface area (Å²) in [6.45, 7) is 47.0. The van der Waals surface area contributed by atoms with Crippen LogP contribution >= 0.6 is 0 Å². The molecule has 5 atom stereocenters. The standard InChI is InChI=1S/C18H20N2O2.4C17H18N2O2.3C2H6.2CH3.2Y/c1-11-8-12(2)16-9-15-6-5-7-19-18(15)20(14(4)22-10-21)17(16)13(11)3;1-11-6-7-14-9-15-5-4-8-18-17(15)19(13(3)21-10-20)16(14)12(11)2;1-11-6-7-16-15(12(11)2)9-14-5-4-8-18-17(14)19(16)13(3)21-10-20;1-11-7-12(2)15-9-14-5-4-6-18-17(14)19(16(15)8-11)13(3)21-10-20;1-11-7-12(2)16-15(8-11)9-14-5-4-6-18-17(14)19(16)13(3)21-10-20;3*1-2;;;;/h5-8,10,14H,9H2,1-4H3;4*4-8,10,13H,9H2,1-3H3;3*1-2H3;2*1H3;;/q;;;;;;;;2*-1;;. The minimum Gasteiger partial charge on any atom is -0.444 e. The maximum atomic E-state index is 10.8. The topological polar surface area (TPSA) is 212 Å². The van der Waals surface area contributed by atoms with Gasteiger partial charge in [0.1, 0.15) is 29.1 Å². The van der Waals surface area contributed by atoms with Gasteiger partial charge in [0.2, 0.25) is 0 Å². The molecule has 10 aromatic rings. The summed E-state index contributed by atoms with van der Waals surface area (Å²) in [4.78, 5) is 86.4. The van der Waals surface area contributed by atoms with Crippen molar-refractivity contribution in [1.82, 2.24) is 24.9 Å². The number of benzene rings is 5. The zero-order chi connectivity index (χ0) is 81.8. The number of fused-ring (bicyclic) bond motifs is 10. The molecule has 5 unspecified atom stereocenters. The number of aryl methyl sites for hydroxylation is 8. The van der Waals surface area contributed by atoms with Crippen LogP contribution in [0.4, 0.5) is 57.5 Å². The molecular formula is C94H116N10O10Y2-2. The molecule has 5 aliphatic rings. The number of nitrogens with zero attached hydrogens (tertiary/aromatic N) is 10. The van der Waals surface area contributed by atoms with Gasteiger partial charge in [-0.25, -0.2) is 24.9 Å². The number of ether oxygens (including phenoxy) is 5. The van der Waals surface area contributed by atoms with Crippen molar-refractivity contribution in [2.45, 2.75) is 216 Å². The molecule has 0 spiro atoms. The maximum absolute atomic E-state index is 10.8. The number of carbonyl (C=O) groups is 5. The molecule has 0 saturated carbocycles. The third-order valence-electron chi connectivity index (χ3n) is 20.6. The monoisotopic (exact) mass is 1720 g/mol. The molecule has 22 heteroatoms. The van der Waals surface area contributed by atoms with E-state index in [-0.39, 0.29) is 80.3 Å². The van der Waals surface area contributed by atoms with Gasteiger partial charge in [0.05, 0.1) is 22.7 Å². The fraction of sp³-hybridized carbons (Fsp3) is 0.340. The quantitative estimate of drug-likeness (QED) is 0.0530. The van der Waals surface area contributed by atoms with E-state index in [1.54, 1.807) is 31.0 Å². The van der Waals surface area contributed by atoms with E-state index in [1.165, 1.54) is 89.0 Å². The van der Waals surface area contributed by atoms with Crippen molar-refractivity contribution in [1.29, 1.82) is 0 Å². The van der Waals surface area contributed by atoms with Gasteiger partial charge in [0.15, 0.2) is 31.1 Å². The SMILES string of the molecule is CC.CC.CC.Cc1cc(C)c2c(c1)Cc1cccnc1N2C(C)OC=O.Cc1cc(C)c2c(c1)N(C(C)OC=O)c1ncccc1C2.Cc1cc(C)c2c(c1C)N(C(C)OC=O)c1ncccc1C2.Cc1ccc2c(c1C)Cc1cccnc1N2C(C)OC=O.Cc1ccc2c(c1C)N(C(C)OC=O)c1ncccc1C2.[CH3-].[CH3-].[Y].[Y]. The van der Waals surface area contributed by atoms with E-state index in [9.17, 15) is 24.0 Å². The molecule has 5 aliphatic heterocycles. The van der Waals surface area contributed by atoms with Crippen molar-refractivity contribution in [3.8, 4) is 0 Å². The summed E-state index contributed by atoms with van der Waals surface area (Å²) < 4.78 is 26.0. The molecule has 0 saturated heterocycles. The number of hydrogen-bond acceptors (Lipinski definition) is 20. The van der Waals surface area contributed by atoms with Crippen LogP contribution in [0.25, 0.3) is 0 Å². The Hall–Kier alpha value is -9.59. The number of pyridine rings is 5. The molecule has 20 nitrogen and oxygen atoms in total. The molecule has 0 fully saturated rings. The largest absolute Gasteiger partial charge is 0.444 e. The third kappa shape index (κ3) is 21.8. The van der Waals surface area contributed by atoms with Gasteiger partial charge in [-0.1, -0.05) is 120 Å². The molecule has 2 radical (unpaired) electrons. The van der Waals surface area contributed by atoms with Gasteiger partial charge in [-0.15, -0.1) is 0 Å². The predicted molar refractivity (Wildman–Crippen MR) is 460 cm³/mol. The third-order valence-corrected chi connectivity index (χ3v) is 20.6. The molecular weight excluding hydrogens is 1610 g/mol. The van der Waals surface area contributed by atoms with E-state index in [1.807, 2.05) is 131 Å². The van der Waals surface area contributed by atoms with Gasteiger partial charge in [-0.05, 0) is 265 Å². The average molecular weight is 1720 g/mol. The van der Waals surface area contributed by atoms with Crippen molar-refractivity contribution >= 4 is 89.9 Å². The summed E-state index contributed by atoms with van der Waals surface area (Å²) >= 11 is 0. The molecule has 10 heterocycles. The van der Waals surface area contributed by atoms with Gasteiger partial charge in [0.25, 0.3) is 32.4 Å². The van der Waals surface area contributed by atoms with Gasteiger partial charge in [-0.3, -0.25) is 48.5 Å². The zero-order valence-electron chi connectivity index (χ0n) is 72.4. The van der Waals surface area contributed by atoms with Crippen molar-refractivity contribution in [2.75, 3.05) is 24.5 Å². The van der Waals surface area contributed by atoms with Crippen LogP contribution < -0.4 is 24.5 Å². The van der Waals surface area contributed by atoms with Crippen molar-refractivity contribution in [2.24, 2.45) is 0 Å². The van der Waals surface area contributed by atoms with Crippen LogP contribution in [0.3, 0.4) is 0 Å². The minimum atomic E-state index is -0.398. The number of carbonyl (C=O) groups excluding carboxylic acids is 5. The Morgan fingerprint density at radius 1 is 0.293 bits per heavy atom. The van der Waals surface area contributed by atoms with Crippen LogP contribution in [0.1, 0.15) is 193 Å². The summed E-state index contributed by atoms with van der Waals surface area (Å²) in [6, 6.07) is 39.4. The van der Waals surface area contributed by atoms with E-state index in [0.717, 1.165) is 117 Å². The Morgan fingerprint density at radius 3 is 1.05 bits per heavy atom. The second-order valence-corrected chi connectivity index (χ2v) is 27.5. The summed E-state index contributed by atoms with van der Waals surface area (Å²) in [5.41, 5.74) is 31.1. The Labute approximate surface area is 739 Å². The smallest absolute Gasteiger partial charge is 0.295 e. The first-order valence-corrected chi connectivity index (χ1v) is 38.6. The van der Waals surface area contributed by atoms with Crippen molar-refractivity contribution in [3.05, 3.63) is 278 Å². The first-order valence-electron chi connectivity index (χ1n) is 38.6. The van der Waals surface area contributed by atoms with Crippen LogP contribution in [0.5, 0.6) is 0 Å². The number of aromatic nitrogens is 5. The average Bonchev–Trinajstić information content (AvgIpc) is 0.759. The Kier molecular flexibility index (Phi) is 39.5. The Morgan fingerprint density at radius 2 is 0.612 bits per heavy atom. The normalized spacial score (nSPS) is 13.1. The van der Waals surface area contributed by atoms with Gasteiger partial charge >= 0.3 is 0 Å². The van der Waals surface area contributed by atoms with Crippen LogP contribution in [0.2, 0.25) is 0 Å². The van der Waals surface area contributed by atoms with Gasteiger partial charge < -0.3 is 38.5 Å². The Balaban J connectivity index is 0.000000298. The van der Waals surface area contributed by atoms with Gasteiger partial charge in [0, 0.05) is 134 Å². The van der Waals surface area contributed by atoms with E-state index in [0.29, 0.717) is 32.4 Å². The summed E-state index contributed by atoms with van der Waals surface area (Å²) in [5.74, 6) is 4.34. The van der Waals surface area contributed by atoms with Crippen LogP contribution in [-0.4, -0.2) is 88.4 Å². The molecule has 0 aliphatic carbocycles. The second-order valence-electron chi connectivity index (χ2n) is 27.5. The molecule has 5 aromatic heterocycles. The Bertz CT molecular complexity index is 4960. The van der Waals surface area contributed by atoms with E-state index < -0.39 is 31.1 Å². The number of hydrogen-bond donors (Lipinski definition) is 0. The maximum Gasteiger partial charge on any atom is 0.295 e. The zero-order valence-corrected chi connectivity index (χ0v) is 78.1. The van der Waals surface area contributed by atoms with E-state index in [4.69, 9.17) is 23.7 Å². The first-order chi connectivity index (χ1) is 54.0. The summed E-state index contributed by atoms with van der Waals surface area (Å²) in [5, 5.41) is 0. The number of rotatable bonds is 15.